The summed E-state index contributed by atoms with van der Waals surface area (Å²) in [5, 5.41) is 0. The molecule has 31 heavy (non-hydrogen) atoms. The minimum atomic E-state index is -2.39. The molecule has 0 bridgehead atoms. The van der Waals surface area contributed by atoms with Gasteiger partial charge in [-0.3, -0.25) is 0 Å². The summed E-state index contributed by atoms with van der Waals surface area (Å²) >= 11 is -2.39. The molecular weight excluding hydrogens is 515 g/mol. The van der Waals surface area contributed by atoms with E-state index in [9.17, 15) is 0 Å². The van der Waals surface area contributed by atoms with Crippen LogP contribution in [0.3, 0.4) is 0 Å². The topological polar surface area (TPSA) is 9.23 Å². The molecule has 0 aromatic rings. The zero-order valence-corrected chi connectivity index (χ0v) is 28.6. The van der Waals surface area contributed by atoms with Gasteiger partial charge in [0.25, 0.3) is 0 Å². The second kappa shape index (κ2) is 15.0. The average Bonchev–Trinajstić information content (AvgIpc) is 2.66. The molecule has 186 valence electrons. The monoisotopic (exact) mass is 576 g/mol. The molecule has 0 aliphatic heterocycles. The molecule has 0 saturated heterocycles. The van der Waals surface area contributed by atoms with Crippen molar-refractivity contribution < 1.29 is 4.43 Å². The molecule has 0 amide bonds. The summed E-state index contributed by atoms with van der Waals surface area (Å²) < 4.78 is 13.9. The first-order valence-electron chi connectivity index (χ1n) is 13.7. The molecule has 0 radical (unpaired) electrons. The molecule has 0 N–H and O–H groups in total. The minimum absolute atomic E-state index is 0.671. The number of rotatable bonds is 17. The summed E-state index contributed by atoms with van der Waals surface area (Å²) in [5.74, 6) is 0. The van der Waals surface area contributed by atoms with Crippen molar-refractivity contribution in [3.63, 3.8) is 0 Å². The first-order valence-corrected chi connectivity index (χ1v) is 26.8. The second-order valence-corrected chi connectivity index (χ2v) is 37.1. The quantitative estimate of drug-likeness (QED) is 0.157. The molecule has 0 atom stereocenters. The summed E-state index contributed by atoms with van der Waals surface area (Å²) in [6.45, 7) is 30.5. The van der Waals surface area contributed by atoms with Crippen molar-refractivity contribution in [2.45, 2.75) is 150 Å². The molecule has 0 aromatic heterocycles. The Morgan fingerprint density at radius 3 is 1.32 bits per heavy atom. The molecule has 0 aliphatic rings. The average molecular weight is 576 g/mol. The van der Waals surface area contributed by atoms with Gasteiger partial charge in [-0.2, -0.15) is 0 Å². The molecule has 0 aromatic carbocycles. The fraction of sp³-hybridized carbons (Fsp3) is 0.926. The molecule has 0 saturated carbocycles. The zero-order valence-electron chi connectivity index (χ0n) is 23.8. The van der Waals surface area contributed by atoms with Crippen LogP contribution in [0, 0.1) is 0 Å². The predicted octanol–water partition coefficient (Wildman–Crippen LogP) is 10.4. The summed E-state index contributed by atoms with van der Waals surface area (Å²) in [4.78, 5) is 0. The van der Waals surface area contributed by atoms with Crippen molar-refractivity contribution in [3.05, 3.63) is 9.29 Å². The molecule has 1 nitrogen and oxygen atoms in total. The van der Waals surface area contributed by atoms with Crippen molar-refractivity contribution in [2.75, 3.05) is 6.61 Å². The van der Waals surface area contributed by atoms with Crippen molar-refractivity contribution in [1.82, 2.24) is 0 Å². The Labute approximate surface area is 204 Å². The molecule has 0 spiro atoms. The van der Waals surface area contributed by atoms with Gasteiger partial charge in [0.05, 0.1) is 0 Å². The third-order valence-corrected chi connectivity index (χ3v) is 40.7. The number of unbranched alkanes of at least 4 members (excludes halogenated alkanes) is 3. The van der Waals surface area contributed by atoms with Crippen LogP contribution in [0.5, 0.6) is 0 Å². The molecule has 0 fully saturated rings. The third kappa shape index (κ3) is 9.24. The van der Waals surface area contributed by atoms with Crippen molar-refractivity contribution in [1.29, 1.82) is 0 Å². The van der Waals surface area contributed by atoms with Gasteiger partial charge in [0, 0.05) is 0 Å². The van der Waals surface area contributed by atoms with Crippen LogP contribution in [0.2, 0.25) is 49.6 Å². The van der Waals surface area contributed by atoms with Crippen molar-refractivity contribution in [2.24, 2.45) is 0 Å². The Morgan fingerprint density at radius 1 is 0.710 bits per heavy atom. The van der Waals surface area contributed by atoms with Crippen molar-refractivity contribution >= 4 is 34.8 Å². The normalized spacial score (nSPS) is 14.4. The molecule has 0 rings (SSSR count). The van der Waals surface area contributed by atoms with E-state index in [1.165, 1.54) is 38.5 Å². The summed E-state index contributed by atoms with van der Waals surface area (Å²) in [6, 6.07) is 0. The van der Waals surface area contributed by atoms with E-state index < -0.39 is 34.8 Å². The summed E-state index contributed by atoms with van der Waals surface area (Å²) in [7, 11) is -3.15. The van der Waals surface area contributed by atoms with E-state index in [-0.39, 0.29) is 0 Å². The molecule has 0 unspecified atom stereocenters. The van der Waals surface area contributed by atoms with Crippen LogP contribution in [0.4, 0.5) is 0 Å². The number of hydrogen-bond donors (Lipinski definition) is 0. The first kappa shape index (κ1) is 31.9. The van der Waals surface area contributed by atoms with Gasteiger partial charge in [0.15, 0.2) is 0 Å². The Bertz CT molecular complexity index is 462. The molecule has 4 heteroatoms. The predicted molar refractivity (Wildman–Crippen MR) is 153 cm³/mol. The molecule has 0 aliphatic carbocycles. The fourth-order valence-electron chi connectivity index (χ4n) is 6.41. The van der Waals surface area contributed by atoms with E-state index in [1.807, 2.05) is 3.21 Å². The van der Waals surface area contributed by atoms with E-state index in [0.717, 1.165) is 6.61 Å². The van der Waals surface area contributed by atoms with Gasteiger partial charge in [-0.25, -0.2) is 0 Å². The van der Waals surface area contributed by atoms with Gasteiger partial charge in [0.1, 0.15) is 0 Å². The standard InChI is InChI=1S/C15H33OSi2.3C4H9.Sn/c1-13(2)18(14(3)4,15(5)6)16-11-10-12-17(7,8)9;3*1-3-4-2;/h10,13-15H,11H2,1-9H3;3*1,3-4H2,2H3;. The van der Waals surface area contributed by atoms with E-state index in [4.69, 9.17) is 4.43 Å². The van der Waals surface area contributed by atoms with Crippen molar-refractivity contribution in [3.8, 4) is 0 Å². The van der Waals surface area contributed by atoms with Crippen LogP contribution < -0.4 is 0 Å². The Hall–Kier alpha value is 0.932. The van der Waals surface area contributed by atoms with E-state index in [2.05, 4.69) is 88.0 Å². The van der Waals surface area contributed by atoms with Gasteiger partial charge in [-0.15, -0.1) is 0 Å². The summed E-state index contributed by atoms with van der Waals surface area (Å²) in [6.07, 6.45) is 11.2. The fourth-order valence-corrected chi connectivity index (χ4v) is 45.0. The van der Waals surface area contributed by atoms with Gasteiger partial charge < -0.3 is 0 Å². The van der Waals surface area contributed by atoms with E-state index in [1.54, 1.807) is 13.3 Å². The SMILES string of the molecule is CCC[CH2][Sn]([CH2]CCC)([CH2]CCC)/[C](=C\CO[Si](C(C)C)(C(C)C)C(C)C)[Si](C)(C)C. The van der Waals surface area contributed by atoms with Crippen LogP contribution in [0.25, 0.3) is 0 Å². The molecule has 0 heterocycles. The van der Waals surface area contributed by atoms with Crippen LogP contribution in [0.1, 0.15) is 101 Å². The van der Waals surface area contributed by atoms with Crippen LogP contribution >= 0.6 is 0 Å². The maximum absolute atomic E-state index is 7.07. The zero-order chi connectivity index (χ0) is 24.3. The summed E-state index contributed by atoms with van der Waals surface area (Å²) in [5.41, 5.74) is 2.01. The van der Waals surface area contributed by atoms with Gasteiger partial charge >= 0.3 is 206 Å². The Balaban J connectivity index is 6.23. The Morgan fingerprint density at radius 2 is 1.06 bits per heavy atom. The van der Waals surface area contributed by atoms with Gasteiger partial charge in [0.2, 0.25) is 0 Å². The van der Waals surface area contributed by atoms with Crippen LogP contribution in [0.15, 0.2) is 9.29 Å². The maximum atomic E-state index is 7.07. The van der Waals surface area contributed by atoms with E-state index >= 15 is 0 Å². The second-order valence-electron chi connectivity index (χ2n) is 12.1. The Kier molecular flexibility index (Phi) is 15.5. The van der Waals surface area contributed by atoms with Crippen LogP contribution in [-0.2, 0) is 4.43 Å². The van der Waals surface area contributed by atoms with Gasteiger partial charge in [-0.05, 0) is 0 Å². The van der Waals surface area contributed by atoms with E-state index in [0.29, 0.717) is 16.6 Å². The van der Waals surface area contributed by atoms with Crippen LogP contribution in [-0.4, -0.2) is 41.4 Å². The number of hydrogen-bond acceptors (Lipinski definition) is 1. The molecular formula is C27H60OSi2Sn. The van der Waals surface area contributed by atoms with Gasteiger partial charge in [-0.1, -0.05) is 0 Å². The third-order valence-electron chi connectivity index (χ3n) is 7.73. The first-order chi connectivity index (χ1) is 14.4.